The van der Waals surface area contributed by atoms with Gasteiger partial charge in [-0.25, -0.2) is 0 Å². The molecule has 12 heavy (non-hydrogen) atoms. The maximum absolute atomic E-state index is 5.57. The highest BCUT2D eigenvalue weighted by Crippen LogP contribution is 2.10. The van der Waals surface area contributed by atoms with Gasteiger partial charge in [0.25, 0.3) is 0 Å². The maximum Gasteiger partial charge on any atom is 0.119 e. The molecule has 0 atom stereocenters. The van der Waals surface area contributed by atoms with Crippen LogP contribution in [0, 0.1) is 0 Å². The quantitative estimate of drug-likeness (QED) is 0.712. The number of furan rings is 1. The van der Waals surface area contributed by atoms with E-state index in [2.05, 4.69) is 4.90 Å². The Morgan fingerprint density at radius 3 is 2.33 bits per heavy atom. The number of alkyl halides is 1. The lowest BCUT2D eigenvalue weighted by Crippen LogP contribution is -2.09. The molecular formula is C8H13Cl2NO. The van der Waals surface area contributed by atoms with Crippen molar-refractivity contribution in [3.05, 3.63) is 23.7 Å². The topological polar surface area (TPSA) is 16.4 Å². The summed E-state index contributed by atoms with van der Waals surface area (Å²) in [5, 5.41) is 0. The Kier molecular flexibility index (Phi) is 5.38. The van der Waals surface area contributed by atoms with E-state index in [4.69, 9.17) is 16.0 Å². The first-order valence-electron chi connectivity index (χ1n) is 3.50. The minimum atomic E-state index is 0. The van der Waals surface area contributed by atoms with Crippen molar-refractivity contribution in [3.63, 3.8) is 0 Å². The largest absolute Gasteiger partial charge is 0.463 e. The van der Waals surface area contributed by atoms with Gasteiger partial charge in [-0.05, 0) is 26.2 Å². The van der Waals surface area contributed by atoms with Crippen LogP contribution in [0.5, 0.6) is 0 Å². The van der Waals surface area contributed by atoms with Gasteiger partial charge in [0.05, 0.1) is 12.4 Å². The molecule has 1 aromatic heterocycles. The van der Waals surface area contributed by atoms with Crippen molar-refractivity contribution in [1.29, 1.82) is 0 Å². The first kappa shape index (κ1) is 11.8. The monoisotopic (exact) mass is 209 g/mol. The van der Waals surface area contributed by atoms with E-state index in [0.29, 0.717) is 5.88 Å². The molecular weight excluding hydrogens is 197 g/mol. The Balaban J connectivity index is 0.00000121. The van der Waals surface area contributed by atoms with E-state index >= 15 is 0 Å². The molecule has 0 bridgehead atoms. The molecule has 0 saturated carbocycles. The smallest absolute Gasteiger partial charge is 0.119 e. The van der Waals surface area contributed by atoms with Gasteiger partial charge in [0, 0.05) is 0 Å². The number of hydrogen-bond acceptors (Lipinski definition) is 2. The molecule has 0 aliphatic carbocycles. The van der Waals surface area contributed by atoms with Crippen LogP contribution in [-0.2, 0) is 12.4 Å². The van der Waals surface area contributed by atoms with E-state index in [1.807, 2.05) is 26.2 Å². The average Bonchev–Trinajstić information content (AvgIpc) is 2.34. The number of hydrogen-bond donors (Lipinski definition) is 0. The third-order valence-corrected chi connectivity index (χ3v) is 1.58. The van der Waals surface area contributed by atoms with E-state index in [1.165, 1.54) is 0 Å². The first-order chi connectivity index (χ1) is 5.22. The lowest BCUT2D eigenvalue weighted by atomic mass is 10.4. The summed E-state index contributed by atoms with van der Waals surface area (Å²) in [4.78, 5) is 2.05. The summed E-state index contributed by atoms with van der Waals surface area (Å²) in [6.07, 6.45) is 0. The summed E-state index contributed by atoms with van der Waals surface area (Å²) in [5.41, 5.74) is 0. The summed E-state index contributed by atoms with van der Waals surface area (Å²) in [6.45, 7) is 0.830. The molecule has 0 spiro atoms. The Bertz CT molecular complexity index is 223. The zero-order chi connectivity index (χ0) is 8.27. The fourth-order valence-electron chi connectivity index (χ4n) is 0.891. The predicted octanol–water partition coefficient (Wildman–Crippen LogP) is 2.50. The van der Waals surface area contributed by atoms with Crippen LogP contribution in [0.4, 0.5) is 0 Å². The van der Waals surface area contributed by atoms with Crippen molar-refractivity contribution in [2.24, 2.45) is 0 Å². The average molecular weight is 210 g/mol. The standard InChI is InChI=1S/C8H12ClNO.ClH/c1-10(2)6-8-4-3-7(5-9)11-8;/h3-4H,5-6H2,1-2H3;1H. The Hall–Kier alpha value is -0.180. The van der Waals surface area contributed by atoms with Crippen LogP contribution in [0.2, 0.25) is 0 Å². The molecule has 1 heterocycles. The van der Waals surface area contributed by atoms with Gasteiger partial charge in [-0.15, -0.1) is 24.0 Å². The molecule has 1 rings (SSSR count). The lowest BCUT2D eigenvalue weighted by Gasteiger charge is -2.05. The number of nitrogens with zero attached hydrogens (tertiary/aromatic N) is 1. The van der Waals surface area contributed by atoms with Crippen molar-refractivity contribution < 1.29 is 4.42 Å². The summed E-state index contributed by atoms with van der Waals surface area (Å²) in [6, 6.07) is 3.86. The van der Waals surface area contributed by atoms with E-state index in [9.17, 15) is 0 Å². The van der Waals surface area contributed by atoms with Gasteiger partial charge < -0.3 is 9.32 Å². The highest BCUT2D eigenvalue weighted by Gasteiger charge is 2.00. The van der Waals surface area contributed by atoms with Gasteiger partial charge in [0.2, 0.25) is 0 Å². The summed E-state index contributed by atoms with van der Waals surface area (Å²) in [7, 11) is 4.01. The second-order valence-corrected chi connectivity index (χ2v) is 3.01. The zero-order valence-corrected chi connectivity index (χ0v) is 8.78. The van der Waals surface area contributed by atoms with Gasteiger partial charge in [-0.2, -0.15) is 0 Å². The maximum atomic E-state index is 5.57. The molecule has 0 N–H and O–H groups in total. The molecule has 0 aromatic carbocycles. The summed E-state index contributed by atoms with van der Waals surface area (Å²) < 4.78 is 5.37. The van der Waals surface area contributed by atoms with Crippen molar-refractivity contribution in [3.8, 4) is 0 Å². The zero-order valence-electron chi connectivity index (χ0n) is 7.21. The fourth-order valence-corrected chi connectivity index (χ4v) is 1.03. The normalized spacial score (nSPS) is 10.0. The van der Waals surface area contributed by atoms with Crippen molar-refractivity contribution in [2.75, 3.05) is 14.1 Å². The van der Waals surface area contributed by atoms with Crippen LogP contribution in [0.3, 0.4) is 0 Å². The lowest BCUT2D eigenvalue weighted by molar-refractivity contribution is 0.344. The summed E-state index contributed by atoms with van der Waals surface area (Å²) >= 11 is 5.57. The molecule has 0 fully saturated rings. The minimum absolute atomic E-state index is 0. The Morgan fingerprint density at radius 1 is 1.33 bits per heavy atom. The number of halogens is 2. The predicted molar refractivity (Wildman–Crippen MR) is 52.9 cm³/mol. The van der Waals surface area contributed by atoms with Crippen molar-refractivity contribution in [1.82, 2.24) is 4.90 Å². The van der Waals surface area contributed by atoms with Crippen molar-refractivity contribution >= 4 is 24.0 Å². The van der Waals surface area contributed by atoms with Gasteiger partial charge >= 0.3 is 0 Å². The van der Waals surface area contributed by atoms with E-state index in [1.54, 1.807) is 0 Å². The number of rotatable bonds is 3. The van der Waals surface area contributed by atoms with Gasteiger partial charge in [-0.3, -0.25) is 0 Å². The van der Waals surface area contributed by atoms with Gasteiger partial charge in [0.15, 0.2) is 0 Å². The molecule has 0 saturated heterocycles. The third-order valence-electron chi connectivity index (χ3n) is 1.32. The second kappa shape index (κ2) is 5.46. The molecule has 0 amide bonds. The van der Waals surface area contributed by atoms with Crippen LogP contribution >= 0.6 is 24.0 Å². The van der Waals surface area contributed by atoms with Gasteiger partial charge in [0.1, 0.15) is 11.5 Å². The molecule has 2 nitrogen and oxygen atoms in total. The van der Waals surface area contributed by atoms with Crippen molar-refractivity contribution in [2.45, 2.75) is 12.4 Å². The molecule has 70 valence electrons. The van der Waals surface area contributed by atoms with Crippen LogP contribution in [0.15, 0.2) is 16.5 Å². The highest BCUT2D eigenvalue weighted by atomic mass is 35.5. The second-order valence-electron chi connectivity index (χ2n) is 2.74. The molecule has 0 aliphatic rings. The first-order valence-corrected chi connectivity index (χ1v) is 4.04. The fraction of sp³-hybridized carbons (Fsp3) is 0.500. The molecule has 0 aliphatic heterocycles. The van der Waals surface area contributed by atoms with E-state index < -0.39 is 0 Å². The van der Waals surface area contributed by atoms with Crippen LogP contribution in [0.1, 0.15) is 11.5 Å². The highest BCUT2D eigenvalue weighted by molar-refractivity contribution is 6.16. The Labute approximate surface area is 83.9 Å². The minimum Gasteiger partial charge on any atom is -0.463 e. The molecule has 0 unspecified atom stereocenters. The van der Waals surface area contributed by atoms with Gasteiger partial charge in [-0.1, -0.05) is 0 Å². The van der Waals surface area contributed by atoms with Crippen LogP contribution < -0.4 is 0 Å². The molecule has 1 aromatic rings. The summed E-state index contributed by atoms with van der Waals surface area (Å²) in [5.74, 6) is 2.25. The van der Waals surface area contributed by atoms with E-state index in [0.717, 1.165) is 18.1 Å². The SMILES string of the molecule is CN(C)Cc1ccc(CCl)o1.Cl. The Morgan fingerprint density at radius 2 is 1.92 bits per heavy atom. The van der Waals surface area contributed by atoms with E-state index in [-0.39, 0.29) is 12.4 Å². The molecule has 0 radical (unpaired) electrons. The third kappa shape index (κ3) is 3.48. The van der Waals surface area contributed by atoms with Crippen LogP contribution in [0.25, 0.3) is 0 Å². The molecule has 4 heteroatoms. The van der Waals surface area contributed by atoms with Crippen LogP contribution in [-0.4, -0.2) is 19.0 Å².